The lowest BCUT2D eigenvalue weighted by atomic mass is 10.2. The van der Waals surface area contributed by atoms with Gasteiger partial charge < -0.3 is 14.7 Å². The summed E-state index contributed by atoms with van der Waals surface area (Å²) in [6.07, 6.45) is 1.80. The number of aliphatic hydroxyl groups is 1. The van der Waals surface area contributed by atoms with E-state index >= 15 is 0 Å². The Balaban J connectivity index is 2.20. The third kappa shape index (κ3) is 2.27. The fourth-order valence-corrected chi connectivity index (χ4v) is 1.78. The molecule has 1 fully saturated rings. The normalized spacial score (nSPS) is 21.7. The number of pyridine rings is 1. The van der Waals surface area contributed by atoms with Crippen molar-refractivity contribution in [1.82, 2.24) is 4.98 Å². The molecule has 4 nitrogen and oxygen atoms in total. The molecule has 1 saturated heterocycles. The summed E-state index contributed by atoms with van der Waals surface area (Å²) < 4.78 is 5.33. The van der Waals surface area contributed by atoms with E-state index < -0.39 is 0 Å². The van der Waals surface area contributed by atoms with E-state index in [0.717, 1.165) is 12.4 Å². The Labute approximate surface area is 89.5 Å². The molecule has 4 heteroatoms. The number of aromatic nitrogens is 1. The Morgan fingerprint density at radius 1 is 1.67 bits per heavy atom. The maximum absolute atomic E-state index is 9.24. The van der Waals surface area contributed by atoms with E-state index in [2.05, 4.69) is 9.88 Å². The number of nitrogens with zero attached hydrogens (tertiary/aromatic N) is 2. The predicted octanol–water partition coefficient (Wildman–Crippen LogP) is 0.588. The zero-order valence-electron chi connectivity index (χ0n) is 8.89. The van der Waals surface area contributed by atoms with E-state index in [1.54, 1.807) is 6.20 Å². The second kappa shape index (κ2) is 4.59. The molecule has 1 aromatic heterocycles. The molecule has 1 aliphatic heterocycles. The topological polar surface area (TPSA) is 45.6 Å². The molecule has 15 heavy (non-hydrogen) atoms. The summed E-state index contributed by atoms with van der Waals surface area (Å²) in [7, 11) is 0. The van der Waals surface area contributed by atoms with Crippen molar-refractivity contribution in [3.8, 4) is 0 Å². The van der Waals surface area contributed by atoms with Gasteiger partial charge in [-0.1, -0.05) is 0 Å². The van der Waals surface area contributed by atoms with E-state index in [1.165, 1.54) is 5.56 Å². The van der Waals surface area contributed by atoms with Crippen molar-refractivity contribution in [3.05, 3.63) is 23.9 Å². The highest BCUT2D eigenvalue weighted by Gasteiger charge is 2.23. The van der Waals surface area contributed by atoms with Crippen molar-refractivity contribution in [3.63, 3.8) is 0 Å². The van der Waals surface area contributed by atoms with Crippen LogP contribution in [0.5, 0.6) is 0 Å². The minimum absolute atomic E-state index is 0.0352. The summed E-state index contributed by atoms with van der Waals surface area (Å²) in [5, 5.41) is 9.24. The summed E-state index contributed by atoms with van der Waals surface area (Å²) in [6, 6.07) is 4.04. The van der Waals surface area contributed by atoms with Crippen LogP contribution in [0.1, 0.15) is 5.56 Å². The molecule has 0 spiro atoms. The van der Waals surface area contributed by atoms with Gasteiger partial charge in [0.2, 0.25) is 0 Å². The average molecular weight is 208 g/mol. The van der Waals surface area contributed by atoms with Crippen LogP contribution in [0.4, 0.5) is 5.82 Å². The number of hydrogen-bond acceptors (Lipinski definition) is 4. The van der Waals surface area contributed by atoms with E-state index in [9.17, 15) is 5.11 Å². The Bertz CT molecular complexity index is 330. The van der Waals surface area contributed by atoms with Crippen molar-refractivity contribution in [2.75, 3.05) is 31.3 Å². The van der Waals surface area contributed by atoms with E-state index in [4.69, 9.17) is 4.74 Å². The standard InChI is InChI=1S/C11H16N2O2/c1-9-2-3-12-11(6-9)13-4-5-15-8-10(13)7-14/h2-3,6,10,14H,4-5,7-8H2,1H3. The van der Waals surface area contributed by atoms with Crippen LogP contribution in [-0.4, -0.2) is 42.5 Å². The van der Waals surface area contributed by atoms with Gasteiger partial charge in [0.1, 0.15) is 5.82 Å². The van der Waals surface area contributed by atoms with Crippen LogP contribution >= 0.6 is 0 Å². The number of ether oxygens (including phenoxy) is 1. The molecule has 2 heterocycles. The second-order valence-electron chi connectivity index (χ2n) is 3.80. The van der Waals surface area contributed by atoms with Crippen molar-refractivity contribution < 1.29 is 9.84 Å². The SMILES string of the molecule is Cc1ccnc(N2CCOCC2CO)c1. The summed E-state index contributed by atoms with van der Waals surface area (Å²) in [5.74, 6) is 0.928. The first-order valence-electron chi connectivity index (χ1n) is 5.19. The van der Waals surface area contributed by atoms with Gasteiger partial charge in [-0.15, -0.1) is 0 Å². The first-order valence-corrected chi connectivity index (χ1v) is 5.19. The Kier molecular flexibility index (Phi) is 3.18. The van der Waals surface area contributed by atoms with E-state index in [0.29, 0.717) is 13.2 Å². The number of rotatable bonds is 2. The third-order valence-corrected chi connectivity index (χ3v) is 2.63. The smallest absolute Gasteiger partial charge is 0.129 e. The zero-order chi connectivity index (χ0) is 10.7. The van der Waals surface area contributed by atoms with Gasteiger partial charge in [0.25, 0.3) is 0 Å². The summed E-state index contributed by atoms with van der Waals surface area (Å²) in [6.45, 7) is 4.22. The maximum atomic E-state index is 9.24. The van der Waals surface area contributed by atoms with Gasteiger partial charge in [0, 0.05) is 12.7 Å². The number of aliphatic hydroxyl groups excluding tert-OH is 1. The lowest BCUT2D eigenvalue weighted by Gasteiger charge is -2.35. The highest BCUT2D eigenvalue weighted by Crippen LogP contribution is 2.17. The van der Waals surface area contributed by atoms with Gasteiger partial charge >= 0.3 is 0 Å². The predicted molar refractivity (Wildman–Crippen MR) is 58.0 cm³/mol. The van der Waals surface area contributed by atoms with Gasteiger partial charge in [0.15, 0.2) is 0 Å². The molecule has 0 aliphatic carbocycles. The number of hydrogen-bond donors (Lipinski definition) is 1. The van der Waals surface area contributed by atoms with Crippen molar-refractivity contribution in [1.29, 1.82) is 0 Å². The van der Waals surface area contributed by atoms with Crippen LogP contribution in [0.3, 0.4) is 0 Å². The first kappa shape index (κ1) is 10.4. The molecule has 1 N–H and O–H groups in total. The van der Waals surface area contributed by atoms with E-state index in [-0.39, 0.29) is 12.6 Å². The van der Waals surface area contributed by atoms with Crippen LogP contribution in [0.2, 0.25) is 0 Å². The third-order valence-electron chi connectivity index (χ3n) is 2.63. The van der Waals surface area contributed by atoms with Crippen molar-refractivity contribution >= 4 is 5.82 Å². The van der Waals surface area contributed by atoms with Crippen LogP contribution in [0.15, 0.2) is 18.3 Å². The van der Waals surface area contributed by atoms with Gasteiger partial charge in [-0.3, -0.25) is 0 Å². The molecule has 0 aromatic carbocycles. The fourth-order valence-electron chi connectivity index (χ4n) is 1.78. The molecule has 82 valence electrons. The molecule has 0 bridgehead atoms. The lowest BCUT2D eigenvalue weighted by molar-refractivity contribution is 0.0723. The molecule has 1 aliphatic rings. The molecule has 0 radical (unpaired) electrons. The Morgan fingerprint density at radius 2 is 2.53 bits per heavy atom. The summed E-state index contributed by atoms with van der Waals surface area (Å²) in [5.41, 5.74) is 1.18. The number of morpholine rings is 1. The lowest BCUT2D eigenvalue weighted by Crippen LogP contribution is -2.48. The monoisotopic (exact) mass is 208 g/mol. The van der Waals surface area contributed by atoms with E-state index in [1.807, 2.05) is 19.1 Å². The van der Waals surface area contributed by atoms with Crippen LogP contribution in [-0.2, 0) is 4.74 Å². The molecule has 2 rings (SSSR count). The second-order valence-corrected chi connectivity index (χ2v) is 3.80. The molecule has 1 aromatic rings. The summed E-state index contributed by atoms with van der Waals surface area (Å²) in [4.78, 5) is 6.43. The maximum Gasteiger partial charge on any atom is 0.129 e. The molecular weight excluding hydrogens is 192 g/mol. The summed E-state index contributed by atoms with van der Waals surface area (Å²) >= 11 is 0. The van der Waals surface area contributed by atoms with Gasteiger partial charge in [-0.2, -0.15) is 0 Å². The van der Waals surface area contributed by atoms with Gasteiger partial charge in [-0.05, 0) is 24.6 Å². The fraction of sp³-hybridized carbons (Fsp3) is 0.545. The average Bonchev–Trinajstić information content (AvgIpc) is 2.29. The molecule has 0 saturated carbocycles. The van der Waals surface area contributed by atoms with Gasteiger partial charge in [-0.25, -0.2) is 4.98 Å². The molecule has 0 amide bonds. The van der Waals surface area contributed by atoms with Crippen molar-refractivity contribution in [2.45, 2.75) is 13.0 Å². The van der Waals surface area contributed by atoms with Gasteiger partial charge in [0.05, 0.1) is 25.9 Å². The van der Waals surface area contributed by atoms with Crippen LogP contribution in [0, 0.1) is 6.92 Å². The van der Waals surface area contributed by atoms with Crippen LogP contribution < -0.4 is 4.90 Å². The Morgan fingerprint density at radius 3 is 3.27 bits per heavy atom. The quantitative estimate of drug-likeness (QED) is 0.772. The zero-order valence-corrected chi connectivity index (χ0v) is 8.89. The molecule has 1 atom stereocenters. The highest BCUT2D eigenvalue weighted by atomic mass is 16.5. The largest absolute Gasteiger partial charge is 0.394 e. The van der Waals surface area contributed by atoms with Crippen molar-refractivity contribution in [2.24, 2.45) is 0 Å². The molecule has 1 unspecified atom stereocenters. The minimum atomic E-state index is 0.0352. The minimum Gasteiger partial charge on any atom is -0.394 e. The number of aryl methyl sites for hydroxylation is 1. The first-order chi connectivity index (χ1) is 7.31. The number of anilines is 1. The molecular formula is C11H16N2O2. The van der Waals surface area contributed by atoms with Crippen LogP contribution in [0.25, 0.3) is 0 Å². The Hall–Kier alpha value is -1.13. The highest BCUT2D eigenvalue weighted by molar-refractivity contribution is 5.42.